The molecule has 110 valence electrons. The van der Waals surface area contributed by atoms with E-state index in [9.17, 15) is 4.79 Å². The van der Waals surface area contributed by atoms with Crippen molar-refractivity contribution in [1.82, 2.24) is 0 Å². The van der Waals surface area contributed by atoms with E-state index in [1.807, 2.05) is 0 Å². The van der Waals surface area contributed by atoms with E-state index >= 15 is 0 Å². The summed E-state index contributed by atoms with van der Waals surface area (Å²) in [6, 6.07) is 3.60. The molecule has 0 unspecified atom stereocenters. The molecule has 0 aromatic heterocycles. The van der Waals surface area contributed by atoms with E-state index in [4.69, 9.17) is 22.1 Å². The second-order valence-electron chi connectivity index (χ2n) is 5.52. The number of esters is 1. The first kappa shape index (κ1) is 15.0. The van der Waals surface area contributed by atoms with Crippen molar-refractivity contribution >= 4 is 28.9 Å². The minimum atomic E-state index is -0.425. The number of hydrogen-bond acceptors (Lipinski definition) is 4. The number of hydrogen-bond donors (Lipinski definition) is 2. The van der Waals surface area contributed by atoms with E-state index in [-0.39, 0.29) is 0 Å². The number of benzene rings is 1. The third-order valence-corrected chi connectivity index (χ3v) is 4.18. The average molecular weight is 297 g/mol. The SMILES string of the molecule is COC(=O)c1cc(N)cc(Cl)c1NC1CCC(C)CC1. The molecule has 0 spiro atoms. The lowest BCUT2D eigenvalue weighted by atomic mass is 9.87. The number of methoxy groups -OCH3 is 1. The highest BCUT2D eigenvalue weighted by Gasteiger charge is 2.22. The van der Waals surface area contributed by atoms with Crippen LogP contribution in [0.5, 0.6) is 0 Å². The molecule has 1 saturated carbocycles. The number of ether oxygens (including phenoxy) is 1. The van der Waals surface area contributed by atoms with E-state index in [1.165, 1.54) is 20.0 Å². The minimum absolute atomic E-state index is 0.343. The fourth-order valence-electron chi connectivity index (χ4n) is 2.65. The Balaban J connectivity index is 2.23. The maximum Gasteiger partial charge on any atom is 0.340 e. The highest BCUT2D eigenvalue weighted by atomic mass is 35.5. The zero-order valence-corrected chi connectivity index (χ0v) is 12.7. The first-order chi connectivity index (χ1) is 9.51. The Morgan fingerprint density at radius 3 is 2.60 bits per heavy atom. The number of anilines is 2. The molecule has 0 atom stereocenters. The third kappa shape index (κ3) is 3.37. The van der Waals surface area contributed by atoms with Crippen molar-refractivity contribution in [3.05, 3.63) is 22.7 Å². The molecule has 0 amide bonds. The molecule has 1 aliphatic carbocycles. The van der Waals surface area contributed by atoms with Gasteiger partial charge in [-0.1, -0.05) is 18.5 Å². The number of nitrogens with one attached hydrogen (secondary N) is 1. The predicted octanol–water partition coefficient (Wildman–Crippen LogP) is 3.70. The Morgan fingerprint density at radius 1 is 1.35 bits per heavy atom. The normalized spacial score (nSPS) is 22.4. The summed E-state index contributed by atoms with van der Waals surface area (Å²) < 4.78 is 4.80. The van der Waals surface area contributed by atoms with Crippen molar-refractivity contribution in [1.29, 1.82) is 0 Å². The number of nitrogen functional groups attached to an aromatic ring is 1. The highest BCUT2D eigenvalue weighted by Crippen LogP contribution is 2.33. The second-order valence-corrected chi connectivity index (χ2v) is 5.93. The van der Waals surface area contributed by atoms with Gasteiger partial charge in [0.25, 0.3) is 0 Å². The van der Waals surface area contributed by atoms with Crippen LogP contribution in [0.2, 0.25) is 5.02 Å². The summed E-state index contributed by atoms with van der Waals surface area (Å²) in [6.07, 6.45) is 4.56. The third-order valence-electron chi connectivity index (χ3n) is 3.88. The smallest absolute Gasteiger partial charge is 0.340 e. The Bertz CT molecular complexity index is 497. The van der Waals surface area contributed by atoms with E-state index in [0.717, 1.165) is 18.8 Å². The van der Waals surface area contributed by atoms with Crippen LogP contribution in [0.1, 0.15) is 43.0 Å². The van der Waals surface area contributed by atoms with Crippen molar-refractivity contribution < 1.29 is 9.53 Å². The van der Waals surface area contributed by atoms with Crippen LogP contribution in [-0.4, -0.2) is 19.1 Å². The molecular weight excluding hydrogens is 276 g/mol. The van der Waals surface area contributed by atoms with Gasteiger partial charge in [0, 0.05) is 11.7 Å². The molecule has 0 radical (unpaired) electrons. The lowest BCUT2D eigenvalue weighted by Gasteiger charge is -2.28. The van der Waals surface area contributed by atoms with E-state index in [2.05, 4.69) is 12.2 Å². The lowest BCUT2D eigenvalue weighted by molar-refractivity contribution is 0.0602. The maximum absolute atomic E-state index is 11.9. The highest BCUT2D eigenvalue weighted by molar-refractivity contribution is 6.34. The summed E-state index contributed by atoms with van der Waals surface area (Å²) in [5.74, 6) is 0.348. The fraction of sp³-hybridized carbons (Fsp3) is 0.533. The van der Waals surface area contributed by atoms with Crippen molar-refractivity contribution in [3.8, 4) is 0 Å². The number of carbonyl (C=O) groups excluding carboxylic acids is 1. The molecule has 1 aromatic rings. The molecule has 2 rings (SSSR count). The van der Waals surface area contributed by atoms with E-state index < -0.39 is 5.97 Å². The largest absolute Gasteiger partial charge is 0.465 e. The quantitative estimate of drug-likeness (QED) is 0.659. The summed E-state index contributed by atoms with van der Waals surface area (Å²) >= 11 is 6.23. The van der Waals surface area contributed by atoms with Gasteiger partial charge in [0.2, 0.25) is 0 Å². The van der Waals surface area contributed by atoms with Crippen molar-refractivity contribution in [3.63, 3.8) is 0 Å². The molecular formula is C15H21ClN2O2. The standard InChI is InChI=1S/C15H21ClN2O2/c1-9-3-5-11(6-4-9)18-14-12(15(19)20-2)7-10(17)8-13(14)16/h7-9,11,18H,3-6,17H2,1-2H3. The number of halogens is 1. The Kier molecular flexibility index (Phi) is 4.76. The average Bonchev–Trinajstić information content (AvgIpc) is 2.42. The molecule has 4 nitrogen and oxygen atoms in total. The second kappa shape index (κ2) is 6.35. The topological polar surface area (TPSA) is 64.3 Å². The van der Waals surface area contributed by atoms with Crippen LogP contribution >= 0.6 is 11.6 Å². The van der Waals surface area contributed by atoms with Gasteiger partial charge < -0.3 is 15.8 Å². The van der Waals surface area contributed by atoms with Crippen LogP contribution < -0.4 is 11.1 Å². The van der Waals surface area contributed by atoms with Crippen LogP contribution in [0.3, 0.4) is 0 Å². The maximum atomic E-state index is 11.9. The summed E-state index contributed by atoms with van der Waals surface area (Å²) in [6.45, 7) is 2.27. The van der Waals surface area contributed by atoms with Gasteiger partial charge in [-0.2, -0.15) is 0 Å². The molecule has 3 N–H and O–H groups in total. The molecule has 1 aliphatic rings. The predicted molar refractivity (Wildman–Crippen MR) is 82.2 cm³/mol. The van der Waals surface area contributed by atoms with Crippen LogP contribution in [0.25, 0.3) is 0 Å². The number of carbonyl (C=O) groups is 1. The van der Waals surface area contributed by atoms with Crippen LogP contribution in [0.15, 0.2) is 12.1 Å². The fourth-order valence-corrected chi connectivity index (χ4v) is 2.94. The van der Waals surface area contributed by atoms with Crippen molar-refractivity contribution in [2.45, 2.75) is 38.6 Å². The molecule has 1 fully saturated rings. The molecule has 0 aliphatic heterocycles. The van der Waals surface area contributed by atoms with Gasteiger partial charge in [0.15, 0.2) is 0 Å². The first-order valence-corrected chi connectivity index (χ1v) is 7.33. The van der Waals surface area contributed by atoms with Crippen molar-refractivity contribution in [2.75, 3.05) is 18.2 Å². The van der Waals surface area contributed by atoms with Gasteiger partial charge in [0.1, 0.15) is 0 Å². The van der Waals surface area contributed by atoms with Gasteiger partial charge >= 0.3 is 5.97 Å². The number of nitrogens with two attached hydrogens (primary N) is 1. The van der Waals surface area contributed by atoms with Crippen LogP contribution in [0, 0.1) is 5.92 Å². The van der Waals surface area contributed by atoms with E-state index in [1.54, 1.807) is 12.1 Å². The molecule has 0 bridgehead atoms. The van der Waals surface area contributed by atoms with Gasteiger partial charge in [-0.05, 0) is 43.7 Å². The lowest BCUT2D eigenvalue weighted by Crippen LogP contribution is -2.26. The summed E-state index contributed by atoms with van der Waals surface area (Å²) in [7, 11) is 1.35. The zero-order chi connectivity index (χ0) is 14.7. The van der Waals surface area contributed by atoms with Gasteiger partial charge in [-0.25, -0.2) is 4.79 Å². The molecule has 5 heteroatoms. The molecule has 0 saturated heterocycles. The first-order valence-electron chi connectivity index (χ1n) is 6.95. The van der Waals surface area contributed by atoms with Gasteiger partial charge in [-0.3, -0.25) is 0 Å². The Hall–Kier alpha value is -1.42. The van der Waals surface area contributed by atoms with Crippen LogP contribution in [-0.2, 0) is 4.74 Å². The van der Waals surface area contributed by atoms with E-state index in [0.29, 0.717) is 28.0 Å². The monoisotopic (exact) mass is 296 g/mol. The summed E-state index contributed by atoms with van der Waals surface area (Å²) in [4.78, 5) is 11.9. The summed E-state index contributed by atoms with van der Waals surface area (Å²) in [5, 5.41) is 3.85. The summed E-state index contributed by atoms with van der Waals surface area (Å²) in [5.41, 5.74) is 7.24. The Morgan fingerprint density at radius 2 is 2.00 bits per heavy atom. The molecule has 1 aromatic carbocycles. The Labute approximate surface area is 124 Å². The minimum Gasteiger partial charge on any atom is -0.465 e. The van der Waals surface area contributed by atoms with Crippen molar-refractivity contribution in [2.24, 2.45) is 5.92 Å². The molecule has 0 heterocycles. The van der Waals surface area contributed by atoms with Gasteiger partial charge in [-0.15, -0.1) is 0 Å². The van der Waals surface area contributed by atoms with Gasteiger partial charge in [0.05, 0.1) is 23.4 Å². The zero-order valence-electron chi connectivity index (χ0n) is 11.9. The molecule has 20 heavy (non-hydrogen) atoms. The number of rotatable bonds is 3. The van der Waals surface area contributed by atoms with Crippen LogP contribution in [0.4, 0.5) is 11.4 Å².